The molecule has 0 saturated carbocycles. The standard InChI is InChI=1S/C15H13ClF3NO3S/c16-12-6-8-13(9-7-12)24(22,23)20-10-14(21,15(17,18)19)11-4-2-1-3-5-11/h1-9,20-21H,10H2. The van der Waals surface area contributed by atoms with E-state index in [1.807, 2.05) is 0 Å². The molecule has 2 N–H and O–H groups in total. The molecule has 0 aliphatic rings. The second kappa shape index (κ2) is 6.72. The van der Waals surface area contributed by atoms with Crippen LogP contribution in [0.4, 0.5) is 13.2 Å². The molecule has 0 bridgehead atoms. The van der Waals surface area contributed by atoms with Crippen molar-refractivity contribution in [3.05, 3.63) is 65.2 Å². The van der Waals surface area contributed by atoms with Gasteiger partial charge < -0.3 is 5.11 Å². The molecule has 1 atom stereocenters. The number of sulfonamides is 1. The highest BCUT2D eigenvalue weighted by Crippen LogP contribution is 2.38. The van der Waals surface area contributed by atoms with Gasteiger partial charge in [0.25, 0.3) is 0 Å². The number of hydrogen-bond donors (Lipinski definition) is 2. The first-order valence-electron chi connectivity index (χ1n) is 6.66. The van der Waals surface area contributed by atoms with Crippen LogP contribution in [0, 0.1) is 0 Å². The van der Waals surface area contributed by atoms with Crippen LogP contribution in [0.3, 0.4) is 0 Å². The Morgan fingerprint density at radius 3 is 2.04 bits per heavy atom. The maximum absolute atomic E-state index is 13.3. The molecule has 0 aromatic heterocycles. The normalized spacial score (nSPS) is 15.0. The van der Waals surface area contributed by atoms with E-state index in [2.05, 4.69) is 0 Å². The lowest BCUT2D eigenvalue weighted by molar-refractivity contribution is -0.263. The molecule has 0 heterocycles. The second-order valence-electron chi connectivity index (χ2n) is 5.00. The number of rotatable bonds is 5. The Hall–Kier alpha value is -1.61. The summed E-state index contributed by atoms with van der Waals surface area (Å²) in [6.45, 7) is -1.26. The van der Waals surface area contributed by atoms with Crippen LogP contribution in [0.5, 0.6) is 0 Å². The summed E-state index contributed by atoms with van der Waals surface area (Å²) in [5.41, 5.74) is -3.82. The number of alkyl halides is 3. The predicted octanol–water partition coefficient (Wildman–Crippen LogP) is 3.07. The van der Waals surface area contributed by atoms with Crippen molar-refractivity contribution in [3.8, 4) is 0 Å². The Labute approximate surface area is 141 Å². The van der Waals surface area contributed by atoms with Crippen LogP contribution < -0.4 is 4.72 Å². The minimum atomic E-state index is -5.07. The number of hydrogen-bond acceptors (Lipinski definition) is 3. The van der Waals surface area contributed by atoms with Crippen LogP contribution in [0.1, 0.15) is 5.56 Å². The van der Waals surface area contributed by atoms with Crippen LogP contribution in [0.25, 0.3) is 0 Å². The number of halogens is 4. The van der Waals surface area contributed by atoms with Crippen LogP contribution in [-0.2, 0) is 15.6 Å². The van der Waals surface area contributed by atoms with E-state index in [1.54, 1.807) is 4.72 Å². The lowest BCUT2D eigenvalue weighted by atomic mass is 9.93. The van der Waals surface area contributed by atoms with E-state index in [9.17, 15) is 26.7 Å². The van der Waals surface area contributed by atoms with E-state index in [-0.39, 0.29) is 9.92 Å². The molecule has 0 amide bonds. The molecule has 4 nitrogen and oxygen atoms in total. The molecule has 0 radical (unpaired) electrons. The van der Waals surface area contributed by atoms with Gasteiger partial charge >= 0.3 is 6.18 Å². The lowest BCUT2D eigenvalue weighted by Gasteiger charge is -2.31. The summed E-state index contributed by atoms with van der Waals surface area (Å²) in [6, 6.07) is 11.2. The van der Waals surface area contributed by atoms with Crippen LogP contribution >= 0.6 is 11.6 Å². The maximum atomic E-state index is 13.3. The van der Waals surface area contributed by atoms with Gasteiger partial charge in [-0.2, -0.15) is 13.2 Å². The fraction of sp³-hybridized carbons (Fsp3) is 0.200. The fourth-order valence-electron chi connectivity index (χ4n) is 1.98. The van der Waals surface area contributed by atoms with Crippen molar-refractivity contribution in [2.45, 2.75) is 16.7 Å². The van der Waals surface area contributed by atoms with E-state index >= 15 is 0 Å². The number of benzene rings is 2. The minimum absolute atomic E-state index is 0.260. The Kier molecular flexibility index (Phi) is 5.24. The first kappa shape index (κ1) is 18.7. The van der Waals surface area contributed by atoms with Crippen molar-refractivity contribution in [2.75, 3.05) is 6.54 Å². The zero-order valence-corrected chi connectivity index (χ0v) is 13.7. The summed E-state index contributed by atoms with van der Waals surface area (Å²) in [5, 5.41) is 10.4. The van der Waals surface area contributed by atoms with Crippen molar-refractivity contribution in [1.29, 1.82) is 0 Å². The summed E-state index contributed by atoms with van der Waals surface area (Å²) in [6.07, 6.45) is -5.07. The first-order chi connectivity index (χ1) is 11.1. The van der Waals surface area contributed by atoms with Crippen LogP contribution in [0.15, 0.2) is 59.5 Å². The molecule has 0 aliphatic carbocycles. The Bertz CT molecular complexity index is 795. The summed E-state index contributed by atoms with van der Waals surface area (Å²) in [7, 11) is -4.25. The molecule has 0 fully saturated rings. The summed E-state index contributed by atoms with van der Waals surface area (Å²) in [5.74, 6) is 0. The first-order valence-corrected chi connectivity index (χ1v) is 8.52. The summed E-state index contributed by atoms with van der Waals surface area (Å²) >= 11 is 5.65. The van der Waals surface area contributed by atoms with Gasteiger partial charge in [-0.1, -0.05) is 41.9 Å². The number of aliphatic hydroxyl groups is 1. The molecule has 1 unspecified atom stereocenters. The monoisotopic (exact) mass is 379 g/mol. The van der Waals surface area contributed by atoms with Crippen LogP contribution in [0.2, 0.25) is 5.02 Å². The molecule has 0 spiro atoms. The average Bonchev–Trinajstić information content (AvgIpc) is 2.53. The highest BCUT2D eigenvalue weighted by molar-refractivity contribution is 7.89. The van der Waals surface area contributed by atoms with Crippen molar-refractivity contribution in [3.63, 3.8) is 0 Å². The zero-order chi connectivity index (χ0) is 18.0. The highest BCUT2D eigenvalue weighted by atomic mass is 35.5. The number of nitrogens with one attached hydrogen (secondary N) is 1. The Morgan fingerprint density at radius 2 is 1.54 bits per heavy atom. The van der Waals surface area contributed by atoms with Gasteiger partial charge in [-0.25, -0.2) is 13.1 Å². The van der Waals surface area contributed by atoms with Gasteiger partial charge in [-0.3, -0.25) is 0 Å². The molecule has 2 aromatic carbocycles. The fourth-order valence-corrected chi connectivity index (χ4v) is 3.16. The van der Waals surface area contributed by atoms with Crippen molar-refractivity contribution in [1.82, 2.24) is 4.72 Å². The quantitative estimate of drug-likeness (QED) is 0.839. The molecule has 0 saturated heterocycles. The molecular formula is C15H13ClF3NO3S. The van der Waals surface area contributed by atoms with Gasteiger partial charge in [-0.15, -0.1) is 0 Å². The van der Waals surface area contributed by atoms with E-state index in [0.29, 0.717) is 0 Å². The van der Waals surface area contributed by atoms with E-state index < -0.39 is 33.9 Å². The smallest absolute Gasteiger partial charge is 0.375 e. The molecule has 2 aromatic rings. The lowest BCUT2D eigenvalue weighted by Crippen LogP contribution is -2.50. The molecule has 9 heteroatoms. The highest BCUT2D eigenvalue weighted by Gasteiger charge is 2.55. The molecule has 130 valence electrons. The van der Waals surface area contributed by atoms with Crippen molar-refractivity contribution in [2.24, 2.45) is 0 Å². The van der Waals surface area contributed by atoms with Gasteiger partial charge in [-0.05, 0) is 29.8 Å². The van der Waals surface area contributed by atoms with Gasteiger partial charge in [0, 0.05) is 5.02 Å². The third-order valence-electron chi connectivity index (χ3n) is 3.36. The van der Waals surface area contributed by atoms with Gasteiger partial charge in [0.05, 0.1) is 11.4 Å². The van der Waals surface area contributed by atoms with E-state index in [0.717, 1.165) is 24.3 Å². The van der Waals surface area contributed by atoms with Gasteiger partial charge in [0.1, 0.15) is 0 Å². The van der Waals surface area contributed by atoms with E-state index in [4.69, 9.17) is 11.6 Å². The molecule has 2 rings (SSSR count). The molecular weight excluding hydrogens is 367 g/mol. The topological polar surface area (TPSA) is 66.4 Å². The SMILES string of the molecule is O=S(=O)(NCC(O)(c1ccccc1)C(F)(F)F)c1ccc(Cl)cc1. The van der Waals surface area contributed by atoms with Gasteiger partial charge in [0.2, 0.25) is 10.0 Å². The minimum Gasteiger partial charge on any atom is -0.375 e. The third-order valence-corrected chi connectivity index (χ3v) is 5.03. The van der Waals surface area contributed by atoms with Crippen LogP contribution in [-0.4, -0.2) is 26.2 Å². The predicted molar refractivity (Wildman–Crippen MR) is 83.0 cm³/mol. The Balaban J connectivity index is 2.30. The molecule has 24 heavy (non-hydrogen) atoms. The van der Waals surface area contributed by atoms with Crippen molar-refractivity contribution < 1.29 is 26.7 Å². The maximum Gasteiger partial charge on any atom is 0.422 e. The third kappa shape index (κ3) is 3.89. The molecule has 0 aliphatic heterocycles. The summed E-state index contributed by atoms with van der Waals surface area (Å²) in [4.78, 5) is -0.260. The Morgan fingerprint density at radius 1 is 1.00 bits per heavy atom. The second-order valence-corrected chi connectivity index (χ2v) is 7.21. The van der Waals surface area contributed by atoms with Gasteiger partial charge in [0.15, 0.2) is 5.60 Å². The van der Waals surface area contributed by atoms with Crippen molar-refractivity contribution >= 4 is 21.6 Å². The zero-order valence-electron chi connectivity index (χ0n) is 12.1. The largest absolute Gasteiger partial charge is 0.422 e. The average molecular weight is 380 g/mol. The summed E-state index contributed by atoms with van der Waals surface area (Å²) < 4.78 is 66.0. The van der Waals surface area contributed by atoms with E-state index in [1.165, 1.54) is 30.3 Å².